The molecule has 0 bridgehead atoms. The van der Waals surface area contributed by atoms with Gasteiger partial charge in [-0.15, -0.1) is 0 Å². The highest BCUT2D eigenvalue weighted by Crippen LogP contribution is 2.14. The monoisotopic (exact) mass is 283 g/mol. The number of nitrogens with zero attached hydrogens (tertiary/aromatic N) is 2. The van der Waals surface area contributed by atoms with E-state index in [1.807, 2.05) is 6.92 Å². The summed E-state index contributed by atoms with van der Waals surface area (Å²) in [5.41, 5.74) is -0.735. The summed E-state index contributed by atoms with van der Waals surface area (Å²) >= 11 is 0. The van der Waals surface area contributed by atoms with Crippen molar-refractivity contribution in [3.05, 3.63) is 24.0 Å². The molecule has 1 heterocycles. The minimum atomic E-state index is -3.77. The third-order valence-corrected chi connectivity index (χ3v) is 3.82. The van der Waals surface area contributed by atoms with E-state index in [1.165, 1.54) is 18.3 Å². The largest absolute Gasteiger partial charge is 0.375 e. The van der Waals surface area contributed by atoms with Gasteiger partial charge in [0.25, 0.3) is 0 Å². The first-order valence-corrected chi connectivity index (χ1v) is 7.29. The van der Waals surface area contributed by atoms with Gasteiger partial charge >= 0.3 is 0 Å². The molecule has 1 N–H and O–H groups in total. The molecular formula is C12H17N3O3S. The molecule has 0 saturated heterocycles. The van der Waals surface area contributed by atoms with Gasteiger partial charge in [0.1, 0.15) is 11.0 Å². The number of pyridine rings is 1. The molecule has 0 amide bonds. The van der Waals surface area contributed by atoms with Gasteiger partial charge in [-0.3, -0.25) is 0 Å². The zero-order valence-corrected chi connectivity index (χ0v) is 12.0. The van der Waals surface area contributed by atoms with E-state index in [2.05, 4.69) is 9.71 Å². The van der Waals surface area contributed by atoms with Gasteiger partial charge in [-0.2, -0.15) is 5.26 Å². The van der Waals surface area contributed by atoms with Gasteiger partial charge in [0.15, 0.2) is 5.69 Å². The molecule has 0 aliphatic carbocycles. The number of hydrogen-bond acceptors (Lipinski definition) is 5. The van der Waals surface area contributed by atoms with E-state index in [0.717, 1.165) is 0 Å². The maximum atomic E-state index is 12.1. The summed E-state index contributed by atoms with van der Waals surface area (Å²) in [6.45, 7) is 6.01. The Labute approximate surface area is 113 Å². The smallest absolute Gasteiger partial charge is 0.243 e. The van der Waals surface area contributed by atoms with Crippen LogP contribution in [-0.2, 0) is 14.8 Å². The molecular weight excluding hydrogens is 266 g/mol. The van der Waals surface area contributed by atoms with Crippen molar-refractivity contribution in [1.29, 1.82) is 5.26 Å². The number of hydrogen-bond donors (Lipinski definition) is 1. The first-order valence-electron chi connectivity index (χ1n) is 5.81. The second-order valence-electron chi connectivity index (χ2n) is 4.48. The van der Waals surface area contributed by atoms with Crippen LogP contribution in [0.5, 0.6) is 0 Å². The lowest BCUT2D eigenvalue weighted by Crippen LogP contribution is -2.40. The number of nitrogens with one attached hydrogen (secondary N) is 1. The van der Waals surface area contributed by atoms with E-state index in [-0.39, 0.29) is 17.1 Å². The molecule has 0 aromatic carbocycles. The summed E-state index contributed by atoms with van der Waals surface area (Å²) in [5, 5.41) is 8.86. The molecule has 1 rings (SSSR count). The average Bonchev–Trinajstić information content (AvgIpc) is 2.37. The Hall–Kier alpha value is -1.49. The number of ether oxygens (including phenoxy) is 1. The third kappa shape index (κ3) is 4.28. The van der Waals surface area contributed by atoms with Crippen LogP contribution < -0.4 is 4.72 Å². The van der Waals surface area contributed by atoms with Crippen LogP contribution in [0.25, 0.3) is 0 Å². The highest BCUT2D eigenvalue weighted by molar-refractivity contribution is 7.89. The van der Waals surface area contributed by atoms with Crippen molar-refractivity contribution < 1.29 is 13.2 Å². The SMILES string of the molecule is CCOC(C)(C)CNS(=O)(=O)c1cccnc1C#N. The van der Waals surface area contributed by atoms with Crippen LogP contribution in [0.2, 0.25) is 0 Å². The predicted octanol–water partition coefficient (Wildman–Crippen LogP) is 1.05. The van der Waals surface area contributed by atoms with Crippen molar-refractivity contribution in [1.82, 2.24) is 9.71 Å². The van der Waals surface area contributed by atoms with Crippen molar-refractivity contribution in [2.75, 3.05) is 13.2 Å². The van der Waals surface area contributed by atoms with Crippen LogP contribution in [0.4, 0.5) is 0 Å². The van der Waals surface area contributed by atoms with Crippen molar-refractivity contribution in [3.8, 4) is 6.07 Å². The molecule has 104 valence electrons. The zero-order valence-electron chi connectivity index (χ0n) is 11.2. The molecule has 7 heteroatoms. The van der Waals surface area contributed by atoms with Gasteiger partial charge < -0.3 is 4.74 Å². The number of aromatic nitrogens is 1. The first-order chi connectivity index (χ1) is 8.82. The lowest BCUT2D eigenvalue weighted by molar-refractivity contribution is -0.00515. The molecule has 6 nitrogen and oxygen atoms in total. The van der Waals surface area contributed by atoms with Gasteiger partial charge in [-0.05, 0) is 32.9 Å². The van der Waals surface area contributed by atoms with Crippen LogP contribution in [0.15, 0.2) is 23.2 Å². The summed E-state index contributed by atoms with van der Waals surface area (Å²) < 4.78 is 32.1. The quantitative estimate of drug-likeness (QED) is 0.842. The van der Waals surface area contributed by atoms with E-state index in [0.29, 0.717) is 6.61 Å². The van der Waals surface area contributed by atoms with Gasteiger partial charge in [0.2, 0.25) is 10.0 Å². The molecule has 19 heavy (non-hydrogen) atoms. The predicted molar refractivity (Wildman–Crippen MR) is 69.8 cm³/mol. The Bertz CT molecular complexity index is 576. The molecule has 1 aromatic heterocycles. The summed E-state index contributed by atoms with van der Waals surface area (Å²) in [6, 6.07) is 4.59. The van der Waals surface area contributed by atoms with E-state index in [1.54, 1.807) is 19.9 Å². The Balaban J connectivity index is 2.91. The maximum absolute atomic E-state index is 12.1. The second kappa shape index (κ2) is 6.10. The highest BCUT2D eigenvalue weighted by atomic mass is 32.2. The molecule has 0 spiro atoms. The van der Waals surface area contributed by atoms with Gasteiger partial charge in [-0.25, -0.2) is 18.1 Å². The molecule has 0 atom stereocenters. The third-order valence-electron chi connectivity index (χ3n) is 2.39. The van der Waals surface area contributed by atoms with Crippen molar-refractivity contribution in [2.24, 2.45) is 0 Å². The summed E-state index contributed by atoms with van der Waals surface area (Å²) in [5.74, 6) is 0. The fourth-order valence-electron chi connectivity index (χ4n) is 1.48. The molecule has 0 saturated carbocycles. The highest BCUT2D eigenvalue weighted by Gasteiger charge is 2.24. The summed E-state index contributed by atoms with van der Waals surface area (Å²) in [7, 11) is -3.77. The Kier molecular flexibility index (Phi) is 5.00. The molecule has 0 unspecified atom stereocenters. The molecule has 1 aromatic rings. The first kappa shape index (κ1) is 15.6. The standard InChI is InChI=1S/C12H17N3O3S/c1-4-18-12(2,3)9-15-19(16,17)11-6-5-7-14-10(11)8-13/h5-7,15H,4,9H2,1-3H3. The van der Waals surface area contributed by atoms with Crippen molar-refractivity contribution in [2.45, 2.75) is 31.3 Å². The van der Waals surface area contributed by atoms with Crippen LogP contribution in [0.1, 0.15) is 26.5 Å². The number of sulfonamides is 1. The second-order valence-corrected chi connectivity index (χ2v) is 6.21. The Morgan fingerprint density at radius 2 is 2.21 bits per heavy atom. The molecule has 0 fully saturated rings. The summed E-state index contributed by atoms with van der Waals surface area (Å²) in [4.78, 5) is 3.61. The summed E-state index contributed by atoms with van der Waals surface area (Å²) in [6.07, 6.45) is 1.38. The normalized spacial score (nSPS) is 12.1. The Morgan fingerprint density at radius 1 is 1.53 bits per heavy atom. The van der Waals surface area contributed by atoms with Gasteiger partial charge in [0, 0.05) is 19.3 Å². The van der Waals surface area contributed by atoms with E-state index in [9.17, 15) is 8.42 Å². The molecule has 0 radical (unpaired) electrons. The van der Waals surface area contributed by atoms with E-state index in [4.69, 9.17) is 10.00 Å². The lowest BCUT2D eigenvalue weighted by atomic mass is 10.1. The van der Waals surface area contributed by atoms with Crippen LogP contribution in [0.3, 0.4) is 0 Å². The number of rotatable bonds is 6. The van der Waals surface area contributed by atoms with Gasteiger partial charge in [-0.1, -0.05) is 0 Å². The van der Waals surface area contributed by atoms with Crippen molar-refractivity contribution in [3.63, 3.8) is 0 Å². The van der Waals surface area contributed by atoms with Crippen LogP contribution in [-0.4, -0.2) is 32.2 Å². The molecule has 0 aliphatic rings. The van der Waals surface area contributed by atoms with Crippen LogP contribution in [0, 0.1) is 11.3 Å². The Morgan fingerprint density at radius 3 is 2.79 bits per heavy atom. The fourth-order valence-corrected chi connectivity index (χ4v) is 2.78. The lowest BCUT2D eigenvalue weighted by Gasteiger charge is -2.24. The van der Waals surface area contributed by atoms with E-state index >= 15 is 0 Å². The minimum Gasteiger partial charge on any atom is -0.375 e. The molecule has 0 aliphatic heterocycles. The van der Waals surface area contributed by atoms with Crippen molar-refractivity contribution >= 4 is 10.0 Å². The fraction of sp³-hybridized carbons (Fsp3) is 0.500. The van der Waals surface area contributed by atoms with Gasteiger partial charge in [0.05, 0.1) is 5.60 Å². The van der Waals surface area contributed by atoms with Crippen LogP contribution >= 0.6 is 0 Å². The van der Waals surface area contributed by atoms with E-state index < -0.39 is 15.6 Å². The minimum absolute atomic E-state index is 0.114. The average molecular weight is 283 g/mol. The number of nitriles is 1. The topological polar surface area (TPSA) is 92.1 Å². The zero-order chi connectivity index (χ0) is 14.5. The maximum Gasteiger partial charge on any atom is 0.243 e.